The van der Waals surface area contributed by atoms with E-state index in [0.29, 0.717) is 0 Å². The van der Waals surface area contributed by atoms with E-state index < -0.39 is 17.1 Å². The summed E-state index contributed by atoms with van der Waals surface area (Å²) in [6.45, 7) is 1.84. The van der Waals surface area contributed by atoms with Gasteiger partial charge in [-0.2, -0.15) is 4.98 Å². The van der Waals surface area contributed by atoms with Gasteiger partial charge in [-0.05, 0) is 48.9 Å². The lowest BCUT2D eigenvalue weighted by Crippen LogP contribution is -2.34. The molecular formula is C20H15F2N5O2. The fourth-order valence-corrected chi connectivity index (χ4v) is 2.93. The Labute approximate surface area is 162 Å². The van der Waals surface area contributed by atoms with Gasteiger partial charge in [0.2, 0.25) is 5.95 Å². The van der Waals surface area contributed by atoms with Crippen molar-refractivity contribution >= 4 is 17.0 Å². The molecule has 0 amide bonds. The van der Waals surface area contributed by atoms with E-state index in [9.17, 15) is 18.4 Å². The van der Waals surface area contributed by atoms with Crippen LogP contribution in [0, 0.1) is 11.6 Å². The number of H-pyrrole nitrogens is 1. The maximum absolute atomic E-state index is 13.1. The quantitative estimate of drug-likeness (QED) is 0.554. The van der Waals surface area contributed by atoms with Crippen LogP contribution in [0.1, 0.15) is 18.5 Å². The molecular weight excluding hydrogens is 380 g/mol. The Kier molecular flexibility index (Phi) is 4.63. The molecule has 2 aromatic heterocycles. The molecule has 1 atom stereocenters. The molecule has 9 heteroatoms. The van der Waals surface area contributed by atoms with Gasteiger partial charge in [-0.1, -0.05) is 12.1 Å². The summed E-state index contributed by atoms with van der Waals surface area (Å²) in [5.41, 5.74) is -0.206. The van der Waals surface area contributed by atoms with E-state index in [0.717, 1.165) is 22.3 Å². The number of halogens is 2. The summed E-state index contributed by atoms with van der Waals surface area (Å²) in [5, 5.41) is 3.15. The minimum absolute atomic E-state index is 0.0715. The number of nitrogens with zero attached hydrogens (tertiary/aromatic N) is 3. The van der Waals surface area contributed by atoms with E-state index in [1.54, 1.807) is 12.1 Å². The second-order valence-electron chi connectivity index (χ2n) is 6.42. The van der Waals surface area contributed by atoms with Gasteiger partial charge in [-0.15, -0.1) is 0 Å². The SMILES string of the molecule is C[C@@H](Nc1ncc2c(=O)n(-c3ccc(F)cc3)c(=O)[nH]c2n1)c1ccc(F)cc1. The number of benzene rings is 2. The van der Waals surface area contributed by atoms with Crippen LogP contribution in [0.5, 0.6) is 0 Å². The van der Waals surface area contributed by atoms with Crippen molar-refractivity contribution in [3.05, 3.63) is 92.8 Å². The normalized spacial score (nSPS) is 12.1. The standard InChI is InChI=1S/C20H15F2N5O2/c1-11(12-2-4-13(21)5-3-12)24-19-23-10-16-17(25-19)26-20(29)27(18(16)28)15-8-6-14(22)7-9-15/h2-11H,1H3,(H2,23,24,25,26,29)/t11-/m1/s1. The number of hydrogen-bond acceptors (Lipinski definition) is 5. The number of fused-ring (bicyclic) bond motifs is 1. The van der Waals surface area contributed by atoms with Gasteiger partial charge in [0.1, 0.15) is 17.0 Å². The second kappa shape index (κ2) is 7.27. The van der Waals surface area contributed by atoms with E-state index in [1.165, 1.54) is 30.5 Å². The monoisotopic (exact) mass is 395 g/mol. The third kappa shape index (κ3) is 3.62. The third-order valence-corrected chi connectivity index (χ3v) is 4.45. The number of aromatic nitrogens is 4. The third-order valence-electron chi connectivity index (χ3n) is 4.45. The highest BCUT2D eigenvalue weighted by molar-refractivity contribution is 5.73. The Morgan fingerprint density at radius 2 is 1.62 bits per heavy atom. The van der Waals surface area contributed by atoms with Crippen molar-refractivity contribution in [2.45, 2.75) is 13.0 Å². The molecule has 0 unspecified atom stereocenters. The molecule has 2 aromatic carbocycles. The molecule has 0 saturated carbocycles. The van der Waals surface area contributed by atoms with Crippen molar-refractivity contribution in [1.82, 2.24) is 19.5 Å². The zero-order valence-corrected chi connectivity index (χ0v) is 15.2. The summed E-state index contributed by atoms with van der Waals surface area (Å²) < 4.78 is 27.1. The van der Waals surface area contributed by atoms with Gasteiger partial charge in [0.05, 0.1) is 11.7 Å². The molecule has 0 saturated heterocycles. The molecule has 146 valence electrons. The molecule has 0 aliphatic rings. The van der Waals surface area contributed by atoms with Gasteiger partial charge in [-0.25, -0.2) is 23.1 Å². The molecule has 7 nitrogen and oxygen atoms in total. The van der Waals surface area contributed by atoms with E-state index in [2.05, 4.69) is 20.3 Å². The number of hydrogen-bond donors (Lipinski definition) is 2. The summed E-state index contributed by atoms with van der Waals surface area (Å²) in [5.74, 6) is -0.616. The lowest BCUT2D eigenvalue weighted by Gasteiger charge is -2.14. The average Bonchev–Trinajstić information content (AvgIpc) is 2.69. The summed E-state index contributed by atoms with van der Waals surface area (Å²) in [7, 11) is 0. The lowest BCUT2D eigenvalue weighted by molar-refractivity contribution is 0.626. The van der Waals surface area contributed by atoms with Crippen molar-refractivity contribution in [1.29, 1.82) is 0 Å². The fraction of sp³-hybridized carbons (Fsp3) is 0.100. The number of anilines is 1. The molecule has 0 radical (unpaired) electrons. The van der Waals surface area contributed by atoms with Crippen LogP contribution in [-0.4, -0.2) is 19.5 Å². The van der Waals surface area contributed by atoms with Gasteiger partial charge < -0.3 is 5.32 Å². The highest BCUT2D eigenvalue weighted by Crippen LogP contribution is 2.17. The second-order valence-corrected chi connectivity index (χ2v) is 6.42. The Morgan fingerprint density at radius 3 is 2.28 bits per heavy atom. The van der Waals surface area contributed by atoms with Crippen LogP contribution in [0.15, 0.2) is 64.3 Å². The zero-order valence-electron chi connectivity index (χ0n) is 15.2. The van der Waals surface area contributed by atoms with Crippen LogP contribution in [-0.2, 0) is 0 Å². The van der Waals surface area contributed by atoms with Crippen LogP contribution in [0.4, 0.5) is 14.7 Å². The predicted octanol–water partition coefficient (Wildman–Crippen LogP) is 2.92. The minimum Gasteiger partial charge on any atom is -0.348 e. The highest BCUT2D eigenvalue weighted by Gasteiger charge is 2.13. The van der Waals surface area contributed by atoms with Crippen molar-refractivity contribution in [2.24, 2.45) is 0 Å². The first-order valence-corrected chi connectivity index (χ1v) is 8.72. The molecule has 4 rings (SSSR count). The zero-order chi connectivity index (χ0) is 20.5. The Bertz CT molecular complexity index is 1300. The van der Waals surface area contributed by atoms with Gasteiger partial charge in [0.25, 0.3) is 5.56 Å². The largest absolute Gasteiger partial charge is 0.348 e. The molecule has 4 aromatic rings. The van der Waals surface area contributed by atoms with Gasteiger partial charge in [0, 0.05) is 6.20 Å². The maximum atomic E-state index is 13.1. The number of rotatable bonds is 4. The maximum Gasteiger partial charge on any atom is 0.334 e. The Morgan fingerprint density at radius 1 is 1.00 bits per heavy atom. The van der Waals surface area contributed by atoms with Gasteiger partial charge in [0.15, 0.2) is 5.65 Å². The average molecular weight is 395 g/mol. The van der Waals surface area contributed by atoms with E-state index in [4.69, 9.17) is 0 Å². The molecule has 0 bridgehead atoms. The molecule has 2 N–H and O–H groups in total. The minimum atomic E-state index is -0.703. The summed E-state index contributed by atoms with van der Waals surface area (Å²) in [6, 6.07) is 10.7. The van der Waals surface area contributed by atoms with Crippen LogP contribution in [0.25, 0.3) is 16.7 Å². The van der Waals surface area contributed by atoms with Crippen LogP contribution in [0.2, 0.25) is 0 Å². The summed E-state index contributed by atoms with van der Waals surface area (Å²) in [4.78, 5) is 36.0. The molecule has 0 spiro atoms. The molecule has 29 heavy (non-hydrogen) atoms. The number of aromatic amines is 1. The lowest BCUT2D eigenvalue weighted by atomic mass is 10.1. The van der Waals surface area contributed by atoms with E-state index >= 15 is 0 Å². The Hall–Kier alpha value is -3.88. The van der Waals surface area contributed by atoms with Gasteiger partial charge in [-0.3, -0.25) is 9.78 Å². The van der Waals surface area contributed by atoms with Crippen LogP contribution < -0.4 is 16.6 Å². The van der Waals surface area contributed by atoms with Crippen molar-refractivity contribution < 1.29 is 8.78 Å². The topological polar surface area (TPSA) is 92.7 Å². The molecule has 0 aliphatic carbocycles. The van der Waals surface area contributed by atoms with Crippen molar-refractivity contribution in [3.8, 4) is 5.69 Å². The van der Waals surface area contributed by atoms with Crippen molar-refractivity contribution in [3.63, 3.8) is 0 Å². The molecule has 0 aliphatic heterocycles. The highest BCUT2D eigenvalue weighted by atomic mass is 19.1. The first-order chi connectivity index (χ1) is 13.9. The van der Waals surface area contributed by atoms with Crippen molar-refractivity contribution in [2.75, 3.05) is 5.32 Å². The van der Waals surface area contributed by atoms with Crippen LogP contribution >= 0.6 is 0 Å². The Balaban J connectivity index is 1.71. The summed E-state index contributed by atoms with van der Waals surface area (Å²) in [6.07, 6.45) is 1.31. The molecule has 0 fully saturated rings. The van der Waals surface area contributed by atoms with Gasteiger partial charge >= 0.3 is 5.69 Å². The first-order valence-electron chi connectivity index (χ1n) is 8.72. The van der Waals surface area contributed by atoms with E-state index in [-0.39, 0.29) is 34.5 Å². The summed E-state index contributed by atoms with van der Waals surface area (Å²) >= 11 is 0. The smallest absolute Gasteiger partial charge is 0.334 e. The molecule has 2 heterocycles. The first kappa shape index (κ1) is 18.5. The van der Waals surface area contributed by atoms with Crippen LogP contribution in [0.3, 0.4) is 0 Å². The number of nitrogens with one attached hydrogen (secondary N) is 2. The van der Waals surface area contributed by atoms with E-state index in [1.807, 2.05) is 6.92 Å². The fourth-order valence-electron chi connectivity index (χ4n) is 2.93. The predicted molar refractivity (Wildman–Crippen MR) is 104 cm³/mol.